The molecule has 26 heavy (non-hydrogen) atoms. The van der Waals surface area contributed by atoms with Crippen LogP contribution in [-0.4, -0.2) is 100 Å². The highest BCUT2D eigenvalue weighted by Crippen LogP contribution is 2.30. The number of carbonyl (C=O) groups is 2. The van der Waals surface area contributed by atoms with Gasteiger partial charge < -0.3 is 55.4 Å². The Morgan fingerprint density at radius 2 is 1.85 bits per heavy atom. The zero-order valence-electron chi connectivity index (χ0n) is 13.4. The Labute approximate surface area is 146 Å². The third kappa shape index (κ3) is 8.01. The van der Waals surface area contributed by atoms with E-state index in [1.54, 1.807) is 0 Å². The molecule has 6 atom stereocenters. The van der Waals surface area contributed by atoms with Crippen LogP contribution in [0.25, 0.3) is 0 Å². The van der Waals surface area contributed by atoms with Crippen LogP contribution >= 0.6 is 7.82 Å². The lowest BCUT2D eigenvalue weighted by atomic mass is 9.91. The second-order valence-corrected chi connectivity index (χ2v) is 6.45. The van der Waals surface area contributed by atoms with Crippen molar-refractivity contribution in [1.29, 1.82) is 0 Å². The minimum atomic E-state index is -4.64. The van der Waals surface area contributed by atoms with Crippen molar-refractivity contribution in [2.75, 3.05) is 6.61 Å². The lowest BCUT2D eigenvalue weighted by Crippen LogP contribution is -2.67. The van der Waals surface area contributed by atoms with E-state index in [4.69, 9.17) is 34.2 Å². The van der Waals surface area contributed by atoms with Gasteiger partial charge in [-0.05, 0) is 0 Å². The number of rotatable bonds is 5. The summed E-state index contributed by atoms with van der Waals surface area (Å²) in [6.45, 7) is 0.256. The Morgan fingerprint density at radius 3 is 2.19 bits per heavy atom. The number of carboxylic acids is 1. The van der Waals surface area contributed by atoms with Crippen molar-refractivity contribution < 1.29 is 64.2 Å². The third-order valence-corrected chi connectivity index (χ3v) is 3.21. The second-order valence-electron chi connectivity index (χ2n) is 5.42. The minimum absolute atomic E-state index is 0.598. The SMILES string of the molecule is CC(=O)N[C@H]1[C@H]([C@H](O)[C@H](O)CO)O[C@](O)([14C](=O)O)C[C@@H]1O.O=P(O)(O)O. The highest BCUT2D eigenvalue weighted by Gasteiger charge is 2.53. The molecule has 1 rings (SSSR count). The standard InChI is InChI=1S/C11H19NO9.H3O4P/c1-4(14)12-7-5(15)2-11(20,10(18)19)21-9(7)8(17)6(16)3-13;1-5(2,3)4/h5-9,13,15-17,20H,2-3H2,1H3,(H,12,14)(H,18,19);(H3,1,2,3,4)/t5-,6+,7+,8+,9+,11-;/m0./s1/i10+2;. The molecule has 0 aromatic carbocycles. The summed E-state index contributed by atoms with van der Waals surface area (Å²) in [6, 6.07) is -1.27. The molecule has 1 fully saturated rings. The molecule has 1 aliphatic heterocycles. The Bertz CT molecular complexity index is 530. The first-order valence-corrected chi connectivity index (χ1v) is 8.53. The molecule has 10 N–H and O–H groups in total. The largest absolute Gasteiger partial charge is 0.477 e. The predicted molar refractivity (Wildman–Crippen MR) is 79.0 cm³/mol. The number of carboxylic acid groups (broad SMARTS) is 1. The topological polar surface area (TPSA) is 255 Å². The molecule has 1 saturated heterocycles. The summed E-state index contributed by atoms with van der Waals surface area (Å²) in [4.78, 5) is 43.7. The summed E-state index contributed by atoms with van der Waals surface area (Å²) in [6.07, 6.45) is -7.48. The van der Waals surface area contributed by atoms with Crippen LogP contribution < -0.4 is 5.32 Å². The van der Waals surface area contributed by atoms with Gasteiger partial charge in [-0.1, -0.05) is 0 Å². The van der Waals surface area contributed by atoms with Crippen LogP contribution in [0.2, 0.25) is 0 Å². The number of aliphatic hydroxyl groups excluding tert-OH is 4. The minimum Gasteiger partial charge on any atom is -0.477 e. The molecular formula is C11H22NO13P. The van der Waals surface area contributed by atoms with Crippen LogP contribution in [-0.2, 0) is 18.9 Å². The lowest BCUT2D eigenvalue weighted by molar-refractivity contribution is -0.295. The van der Waals surface area contributed by atoms with Gasteiger partial charge in [-0.3, -0.25) is 4.79 Å². The zero-order chi connectivity index (χ0) is 20.9. The summed E-state index contributed by atoms with van der Waals surface area (Å²) in [5.41, 5.74) is 0. The summed E-state index contributed by atoms with van der Waals surface area (Å²) in [5, 5.41) is 59.0. The van der Waals surface area contributed by atoms with E-state index in [2.05, 4.69) is 5.32 Å². The van der Waals surface area contributed by atoms with Gasteiger partial charge in [0, 0.05) is 13.3 Å². The fraction of sp³-hybridized carbons (Fsp3) is 0.818. The number of carbonyl (C=O) groups excluding carboxylic acids is 1. The van der Waals surface area contributed by atoms with Gasteiger partial charge in [-0.2, -0.15) is 0 Å². The van der Waals surface area contributed by atoms with E-state index >= 15 is 0 Å². The number of hydrogen-bond acceptors (Lipinski definition) is 9. The Morgan fingerprint density at radius 1 is 1.38 bits per heavy atom. The first-order chi connectivity index (χ1) is 11.6. The van der Waals surface area contributed by atoms with Gasteiger partial charge >= 0.3 is 13.8 Å². The number of nitrogens with one attached hydrogen (secondary N) is 1. The molecule has 1 heterocycles. The Kier molecular flexibility index (Phi) is 9.22. The molecule has 1 aliphatic rings. The number of ether oxygens (including phenoxy) is 1. The molecule has 0 unspecified atom stereocenters. The van der Waals surface area contributed by atoms with E-state index in [0.717, 1.165) is 6.92 Å². The molecule has 0 spiro atoms. The second kappa shape index (κ2) is 9.66. The van der Waals surface area contributed by atoms with Crippen molar-refractivity contribution in [1.82, 2.24) is 5.32 Å². The molecule has 1 amide bonds. The van der Waals surface area contributed by atoms with Crippen molar-refractivity contribution in [3.8, 4) is 0 Å². The maximum absolute atomic E-state index is 11.1. The molecule has 0 saturated carbocycles. The maximum atomic E-state index is 11.1. The summed E-state index contributed by atoms with van der Waals surface area (Å²) in [7, 11) is -4.64. The van der Waals surface area contributed by atoms with E-state index in [1.807, 2.05) is 0 Å². The number of phosphoric acid groups is 1. The molecule has 0 aromatic rings. The van der Waals surface area contributed by atoms with Gasteiger partial charge in [0.25, 0.3) is 5.79 Å². The van der Waals surface area contributed by atoms with E-state index < -0.39 is 69.0 Å². The smallest absolute Gasteiger partial charge is 0.466 e. The van der Waals surface area contributed by atoms with Crippen molar-refractivity contribution in [3.05, 3.63) is 0 Å². The van der Waals surface area contributed by atoms with Crippen LogP contribution in [0.5, 0.6) is 0 Å². The monoisotopic (exact) mass is 409 g/mol. The average Bonchev–Trinajstić information content (AvgIpc) is 2.46. The quantitative estimate of drug-likeness (QED) is 0.191. The molecule has 154 valence electrons. The zero-order valence-corrected chi connectivity index (χ0v) is 14.3. The highest BCUT2D eigenvalue weighted by molar-refractivity contribution is 7.45. The van der Waals surface area contributed by atoms with Gasteiger partial charge in [-0.25, -0.2) is 9.36 Å². The summed E-state index contributed by atoms with van der Waals surface area (Å²) in [5.74, 6) is -5.17. The third-order valence-electron chi connectivity index (χ3n) is 3.21. The first-order valence-electron chi connectivity index (χ1n) is 6.96. The van der Waals surface area contributed by atoms with Gasteiger partial charge in [0.05, 0.1) is 18.8 Å². The summed E-state index contributed by atoms with van der Waals surface area (Å²) >= 11 is 0. The van der Waals surface area contributed by atoms with Crippen LogP contribution in [0.4, 0.5) is 0 Å². The van der Waals surface area contributed by atoms with Gasteiger partial charge in [0.2, 0.25) is 5.91 Å². The molecule has 0 radical (unpaired) electrons. The van der Waals surface area contributed by atoms with E-state index in [-0.39, 0.29) is 0 Å². The number of aliphatic carboxylic acids is 1. The average molecular weight is 409 g/mol. The maximum Gasteiger partial charge on any atom is 0.466 e. The van der Waals surface area contributed by atoms with E-state index in [9.17, 15) is 30.0 Å². The predicted octanol–water partition coefficient (Wildman–Crippen LogP) is -4.80. The number of aliphatic hydroxyl groups is 5. The fourth-order valence-electron chi connectivity index (χ4n) is 2.14. The van der Waals surface area contributed by atoms with Gasteiger partial charge in [0.1, 0.15) is 18.3 Å². The Balaban J connectivity index is 0.00000110. The Hall–Kier alpha value is -1.19. The molecular weight excluding hydrogens is 387 g/mol. The van der Waals surface area contributed by atoms with Crippen LogP contribution in [0, 0.1) is 0 Å². The van der Waals surface area contributed by atoms with Crippen LogP contribution in [0.1, 0.15) is 13.3 Å². The number of amides is 1. The van der Waals surface area contributed by atoms with Crippen LogP contribution in [0.3, 0.4) is 0 Å². The lowest BCUT2D eigenvalue weighted by Gasteiger charge is -2.44. The molecule has 14 nitrogen and oxygen atoms in total. The summed E-state index contributed by atoms with van der Waals surface area (Å²) < 4.78 is 13.7. The number of hydrogen-bond donors (Lipinski definition) is 10. The fourth-order valence-corrected chi connectivity index (χ4v) is 2.14. The van der Waals surface area contributed by atoms with Crippen molar-refractivity contribution in [2.24, 2.45) is 0 Å². The normalized spacial score (nSPS) is 31.2. The molecule has 15 heteroatoms. The van der Waals surface area contributed by atoms with Crippen molar-refractivity contribution in [2.45, 2.75) is 49.6 Å². The van der Waals surface area contributed by atoms with Gasteiger partial charge in [0.15, 0.2) is 0 Å². The van der Waals surface area contributed by atoms with Crippen molar-refractivity contribution in [3.63, 3.8) is 0 Å². The van der Waals surface area contributed by atoms with Crippen molar-refractivity contribution >= 4 is 19.7 Å². The molecule has 0 aromatic heterocycles. The first kappa shape index (κ1) is 24.8. The van der Waals surface area contributed by atoms with E-state index in [1.165, 1.54) is 0 Å². The van der Waals surface area contributed by atoms with Gasteiger partial charge in [-0.15, -0.1) is 0 Å². The van der Waals surface area contributed by atoms with Crippen LogP contribution in [0.15, 0.2) is 0 Å². The molecule has 0 bridgehead atoms. The highest BCUT2D eigenvalue weighted by atomic mass is 31.2. The van der Waals surface area contributed by atoms with E-state index in [0.29, 0.717) is 0 Å². The molecule has 0 aliphatic carbocycles.